The lowest BCUT2D eigenvalue weighted by Gasteiger charge is -2.08. The lowest BCUT2D eigenvalue weighted by molar-refractivity contribution is 0.666. The fraction of sp³-hybridized carbons (Fsp3) is 0. The standard InChI is InChI=1S/C39H24N4O/c1-3-12-25(13-4-1)37-40-38(26-14-5-2-6-15-26)42-39(41-37)27-22-23-30-31-18-11-21-34(36(31)44-35(30)24-27)43-32-19-9-7-16-28(32)29-17-8-10-20-33(29)43/h1-24H/i1D,3D,4D,7D,8D,12D,13D,16D,17D,19D,20D. The topological polar surface area (TPSA) is 56.7 Å². The second-order valence-corrected chi connectivity index (χ2v) is 10.0. The van der Waals surface area contributed by atoms with Crippen LogP contribution in [0.4, 0.5) is 0 Å². The van der Waals surface area contributed by atoms with E-state index in [1.165, 1.54) is 12.1 Å². The highest BCUT2D eigenvalue weighted by Crippen LogP contribution is 2.39. The number of nitrogens with zero attached hydrogens (tertiary/aromatic N) is 4. The summed E-state index contributed by atoms with van der Waals surface area (Å²) in [7, 11) is 0. The molecule has 9 aromatic rings. The molecule has 206 valence electrons. The summed E-state index contributed by atoms with van der Waals surface area (Å²) in [6, 6.07) is 18.7. The number of furan rings is 1. The van der Waals surface area contributed by atoms with Crippen LogP contribution in [0.25, 0.3) is 83.6 Å². The predicted octanol–water partition coefficient (Wildman–Crippen LogP) is 9.87. The van der Waals surface area contributed by atoms with Crippen LogP contribution in [0.1, 0.15) is 15.1 Å². The van der Waals surface area contributed by atoms with Crippen LogP contribution in [0.2, 0.25) is 0 Å². The molecule has 9 rings (SSSR count). The molecule has 6 aromatic carbocycles. The van der Waals surface area contributed by atoms with Crippen LogP contribution >= 0.6 is 0 Å². The maximum atomic E-state index is 8.88. The van der Waals surface area contributed by atoms with E-state index in [-0.39, 0.29) is 81.1 Å². The van der Waals surface area contributed by atoms with Crippen molar-refractivity contribution < 1.29 is 19.5 Å². The highest BCUT2D eigenvalue weighted by Gasteiger charge is 2.18. The first kappa shape index (κ1) is 16.0. The predicted molar refractivity (Wildman–Crippen MR) is 178 cm³/mol. The molecule has 0 aliphatic rings. The Morgan fingerprint density at radius 2 is 1.18 bits per heavy atom. The Bertz CT molecular complexity index is 3030. The Kier molecular flexibility index (Phi) is 3.54. The third kappa shape index (κ3) is 3.83. The smallest absolute Gasteiger partial charge is 0.164 e. The van der Waals surface area contributed by atoms with Crippen LogP contribution in [0.5, 0.6) is 0 Å². The Morgan fingerprint density at radius 1 is 0.500 bits per heavy atom. The van der Waals surface area contributed by atoms with Crippen molar-refractivity contribution in [1.82, 2.24) is 19.5 Å². The first-order valence-corrected chi connectivity index (χ1v) is 13.7. The van der Waals surface area contributed by atoms with Crippen molar-refractivity contribution in [3.05, 3.63) is 145 Å². The Labute approximate surface area is 268 Å². The first-order chi connectivity index (χ1) is 26.3. The quantitative estimate of drug-likeness (QED) is 0.210. The van der Waals surface area contributed by atoms with Crippen LogP contribution in [0.3, 0.4) is 0 Å². The largest absolute Gasteiger partial charge is 0.454 e. The fourth-order valence-corrected chi connectivity index (χ4v) is 5.55. The van der Waals surface area contributed by atoms with Gasteiger partial charge in [-0.2, -0.15) is 0 Å². The Morgan fingerprint density at radius 3 is 1.91 bits per heavy atom. The molecule has 3 heterocycles. The minimum atomic E-state index is -0.535. The van der Waals surface area contributed by atoms with Gasteiger partial charge in [-0.15, -0.1) is 0 Å². The molecule has 44 heavy (non-hydrogen) atoms. The van der Waals surface area contributed by atoms with Crippen LogP contribution in [-0.2, 0) is 0 Å². The van der Waals surface area contributed by atoms with E-state index in [1.807, 2.05) is 18.2 Å². The minimum absolute atomic E-state index is 0.0908. The van der Waals surface area contributed by atoms with Gasteiger partial charge in [0, 0.05) is 38.2 Å². The van der Waals surface area contributed by atoms with Crippen molar-refractivity contribution >= 4 is 43.7 Å². The van der Waals surface area contributed by atoms with Crippen LogP contribution < -0.4 is 0 Å². The van der Waals surface area contributed by atoms with E-state index in [2.05, 4.69) is 9.97 Å². The van der Waals surface area contributed by atoms with Crippen molar-refractivity contribution in [2.45, 2.75) is 0 Å². The third-order valence-corrected chi connectivity index (χ3v) is 7.50. The number of aromatic nitrogens is 4. The van der Waals surface area contributed by atoms with Gasteiger partial charge in [-0.1, -0.05) is 115 Å². The number of hydrogen-bond acceptors (Lipinski definition) is 4. The highest BCUT2D eigenvalue weighted by atomic mass is 16.3. The van der Waals surface area contributed by atoms with Crippen LogP contribution in [0, 0.1) is 0 Å². The van der Waals surface area contributed by atoms with Gasteiger partial charge in [0.15, 0.2) is 23.1 Å². The summed E-state index contributed by atoms with van der Waals surface area (Å²) in [5.74, 6) is 0.268. The van der Waals surface area contributed by atoms with Gasteiger partial charge in [0.1, 0.15) is 5.58 Å². The maximum absolute atomic E-state index is 8.88. The van der Waals surface area contributed by atoms with E-state index in [0.717, 1.165) is 0 Å². The van der Waals surface area contributed by atoms with E-state index in [0.29, 0.717) is 38.8 Å². The zero-order valence-corrected chi connectivity index (χ0v) is 22.7. The second-order valence-electron chi connectivity index (χ2n) is 10.0. The number of para-hydroxylation sites is 3. The molecule has 0 aliphatic heterocycles. The van der Waals surface area contributed by atoms with Crippen molar-refractivity contribution in [2.75, 3.05) is 0 Å². The SMILES string of the molecule is [2H]c1cc([2H])c2c(c1[2H])c1c([2H])c([2H])cc([2H])c1n2-c1cccc2c1oc1cc(-c3nc(-c4ccccc4)nc(-c4c([2H])c([2H])c([2H])c([2H])c4[2H])n3)ccc12. The highest BCUT2D eigenvalue weighted by molar-refractivity contribution is 6.12. The monoisotopic (exact) mass is 575 g/mol. The number of fused-ring (bicyclic) bond motifs is 6. The average molecular weight is 576 g/mol. The van der Waals surface area contributed by atoms with E-state index < -0.39 is 30.2 Å². The van der Waals surface area contributed by atoms with E-state index in [1.54, 1.807) is 53.1 Å². The van der Waals surface area contributed by atoms with Gasteiger partial charge in [-0.05, 0) is 30.3 Å². The summed E-state index contributed by atoms with van der Waals surface area (Å²) in [5.41, 5.74) is 2.53. The molecule has 0 radical (unpaired) electrons. The van der Waals surface area contributed by atoms with Gasteiger partial charge in [0.2, 0.25) is 0 Å². The summed E-state index contributed by atoms with van der Waals surface area (Å²) in [6.45, 7) is 0. The van der Waals surface area contributed by atoms with Crippen molar-refractivity contribution in [3.63, 3.8) is 0 Å². The Balaban J connectivity index is 1.30. The molecule has 0 fully saturated rings. The van der Waals surface area contributed by atoms with Crippen LogP contribution in [0.15, 0.2) is 150 Å². The molecular weight excluding hydrogens is 540 g/mol. The molecule has 0 N–H and O–H groups in total. The van der Waals surface area contributed by atoms with Gasteiger partial charge in [0.05, 0.1) is 31.8 Å². The fourth-order valence-electron chi connectivity index (χ4n) is 5.55. The molecule has 0 saturated carbocycles. The molecule has 0 atom stereocenters. The molecule has 0 aliphatic carbocycles. The van der Waals surface area contributed by atoms with Crippen molar-refractivity contribution in [3.8, 4) is 39.9 Å². The minimum Gasteiger partial charge on any atom is -0.454 e. The molecule has 3 aromatic heterocycles. The molecule has 5 heteroatoms. The molecular formula is C39H24N4O. The summed E-state index contributed by atoms with van der Waals surface area (Å²) in [4.78, 5) is 13.9. The van der Waals surface area contributed by atoms with E-state index in [9.17, 15) is 0 Å². The van der Waals surface area contributed by atoms with Gasteiger partial charge in [-0.3, -0.25) is 0 Å². The number of hydrogen-bond donors (Lipinski definition) is 0. The molecule has 0 spiro atoms. The summed E-state index contributed by atoms with van der Waals surface area (Å²) in [5, 5.41) is 1.65. The summed E-state index contributed by atoms with van der Waals surface area (Å²) < 4.78 is 102. The zero-order chi connectivity index (χ0) is 38.6. The molecule has 5 nitrogen and oxygen atoms in total. The van der Waals surface area contributed by atoms with Gasteiger partial charge in [-0.25, -0.2) is 15.0 Å². The van der Waals surface area contributed by atoms with Crippen molar-refractivity contribution in [1.29, 1.82) is 0 Å². The molecule has 0 saturated heterocycles. The van der Waals surface area contributed by atoms with Gasteiger partial charge in [0.25, 0.3) is 0 Å². The number of benzene rings is 6. The molecule has 0 amide bonds. The number of rotatable bonds is 4. The first-order valence-electron chi connectivity index (χ1n) is 19.2. The Hall–Kier alpha value is -6.07. The second kappa shape index (κ2) is 9.75. The molecule has 0 bridgehead atoms. The maximum Gasteiger partial charge on any atom is 0.164 e. The van der Waals surface area contributed by atoms with E-state index >= 15 is 0 Å². The lowest BCUT2D eigenvalue weighted by Crippen LogP contribution is -2.00. The average Bonchev–Trinajstić information content (AvgIpc) is 3.75. The normalized spacial score (nSPS) is 15.1. The van der Waals surface area contributed by atoms with Gasteiger partial charge >= 0.3 is 0 Å². The van der Waals surface area contributed by atoms with Crippen LogP contribution in [-0.4, -0.2) is 19.5 Å². The van der Waals surface area contributed by atoms with E-state index in [4.69, 9.17) is 24.5 Å². The lowest BCUT2D eigenvalue weighted by atomic mass is 10.1. The van der Waals surface area contributed by atoms with Gasteiger partial charge < -0.3 is 8.98 Å². The summed E-state index contributed by atoms with van der Waals surface area (Å²) in [6.07, 6.45) is 0. The zero-order valence-electron chi connectivity index (χ0n) is 33.7. The summed E-state index contributed by atoms with van der Waals surface area (Å²) >= 11 is 0. The van der Waals surface area contributed by atoms with Crippen molar-refractivity contribution in [2.24, 2.45) is 0 Å². The third-order valence-electron chi connectivity index (χ3n) is 7.50. The molecule has 0 unspecified atom stereocenters.